The second-order valence-electron chi connectivity index (χ2n) is 7.38. The van der Waals surface area contributed by atoms with E-state index in [1.165, 1.54) is 15.0 Å². The number of thiophene rings is 1. The fraction of sp³-hybridized carbons (Fsp3) is 0.348. The van der Waals surface area contributed by atoms with Crippen LogP contribution in [0.1, 0.15) is 36.2 Å². The molecule has 0 radical (unpaired) electrons. The number of aliphatic carboxylic acids is 1. The molecule has 1 aliphatic heterocycles. The Labute approximate surface area is 183 Å². The van der Waals surface area contributed by atoms with E-state index >= 15 is 0 Å². The Hall–Kier alpha value is -1.89. The third-order valence-electron chi connectivity index (χ3n) is 5.45. The maximum Gasteiger partial charge on any atom is 0.307 e. The standard InChI is InChI=1S/C23H24BrNO3S/c1-2-28-19-10-9-17(24)13-18(19)22(25-11-5-7-16(14-25)23(26)27)21-12-15-6-3-4-8-20(15)29-21/h3-4,6,8-10,12-13,16,22H,2,5,7,11,14H2,1H3,(H,26,27). The van der Waals surface area contributed by atoms with E-state index in [4.69, 9.17) is 4.74 Å². The van der Waals surface area contributed by atoms with Gasteiger partial charge >= 0.3 is 5.97 Å². The second-order valence-corrected chi connectivity index (χ2v) is 9.41. The minimum absolute atomic E-state index is 0.0337. The molecule has 0 saturated carbocycles. The van der Waals surface area contributed by atoms with Crippen LogP contribution in [0.15, 0.2) is 53.0 Å². The second kappa shape index (κ2) is 8.86. The normalized spacial score (nSPS) is 18.6. The average molecular weight is 474 g/mol. The molecule has 4 nitrogen and oxygen atoms in total. The predicted octanol–water partition coefficient (Wildman–Crippen LogP) is 5.95. The zero-order valence-corrected chi connectivity index (χ0v) is 18.7. The van der Waals surface area contributed by atoms with E-state index in [-0.39, 0.29) is 12.0 Å². The molecular formula is C23H24BrNO3S. The van der Waals surface area contributed by atoms with Gasteiger partial charge in [-0.15, -0.1) is 11.3 Å². The molecule has 2 atom stereocenters. The largest absolute Gasteiger partial charge is 0.494 e. The summed E-state index contributed by atoms with van der Waals surface area (Å²) in [5.41, 5.74) is 1.08. The Morgan fingerprint density at radius 1 is 1.31 bits per heavy atom. The van der Waals surface area contributed by atoms with E-state index < -0.39 is 5.97 Å². The van der Waals surface area contributed by atoms with Gasteiger partial charge in [0.25, 0.3) is 0 Å². The molecule has 1 saturated heterocycles. The summed E-state index contributed by atoms with van der Waals surface area (Å²) < 4.78 is 8.21. The van der Waals surface area contributed by atoms with E-state index in [1.807, 2.05) is 19.1 Å². The van der Waals surface area contributed by atoms with Crippen LogP contribution in [0, 0.1) is 5.92 Å². The lowest BCUT2D eigenvalue weighted by molar-refractivity contribution is -0.143. The van der Waals surface area contributed by atoms with Gasteiger partial charge < -0.3 is 9.84 Å². The maximum absolute atomic E-state index is 11.7. The molecule has 1 aliphatic rings. The van der Waals surface area contributed by atoms with Gasteiger partial charge in [-0.1, -0.05) is 34.1 Å². The SMILES string of the molecule is CCOc1ccc(Br)cc1C(c1cc2ccccc2s1)N1CCCC(C(=O)O)C1. The Balaban J connectivity index is 1.83. The number of halogens is 1. The van der Waals surface area contributed by atoms with Crippen LogP contribution in [-0.2, 0) is 4.79 Å². The molecular weight excluding hydrogens is 450 g/mol. The number of likely N-dealkylation sites (tertiary alicyclic amines) is 1. The van der Waals surface area contributed by atoms with Gasteiger partial charge in [0, 0.05) is 26.2 Å². The van der Waals surface area contributed by atoms with E-state index in [9.17, 15) is 9.90 Å². The maximum atomic E-state index is 11.7. The molecule has 2 unspecified atom stereocenters. The Kier molecular flexibility index (Phi) is 6.23. The number of nitrogens with zero attached hydrogens (tertiary/aromatic N) is 1. The molecule has 152 valence electrons. The average Bonchev–Trinajstić information content (AvgIpc) is 3.14. The van der Waals surface area contributed by atoms with Crippen LogP contribution in [0.4, 0.5) is 0 Å². The number of ether oxygens (including phenoxy) is 1. The van der Waals surface area contributed by atoms with Crippen LogP contribution in [0.3, 0.4) is 0 Å². The first kappa shape index (κ1) is 20.4. The molecule has 1 fully saturated rings. The molecule has 0 amide bonds. The van der Waals surface area contributed by atoms with Gasteiger partial charge in [-0.05, 0) is 62.0 Å². The number of hydrogen-bond donors (Lipinski definition) is 1. The van der Waals surface area contributed by atoms with Crippen molar-refractivity contribution in [3.05, 3.63) is 63.4 Å². The monoisotopic (exact) mass is 473 g/mol. The Morgan fingerprint density at radius 3 is 2.90 bits per heavy atom. The van der Waals surface area contributed by atoms with Crippen molar-refractivity contribution in [3.63, 3.8) is 0 Å². The summed E-state index contributed by atoms with van der Waals surface area (Å²) in [5, 5.41) is 10.8. The molecule has 0 bridgehead atoms. The number of piperidine rings is 1. The molecule has 2 heterocycles. The lowest BCUT2D eigenvalue weighted by Gasteiger charge is -2.37. The number of carbonyl (C=O) groups is 1. The van der Waals surface area contributed by atoms with Crippen LogP contribution in [0.25, 0.3) is 10.1 Å². The summed E-state index contributed by atoms with van der Waals surface area (Å²) in [4.78, 5) is 15.2. The molecule has 3 aromatic rings. The summed E-state index contributed by atoms with van der Waals surface area (Å²) in [5.74, 6) is -0.178. The third kappa shape index (κ3) is 4.34. The number of hydrogen-bond acceptors (Lipinski definition) is 4. The highest BCUT2D eigenvalue weighted by atomic mass is 79.9. The number of carboxylic acids is 1. The number of rotatable bonds is 6. The summed E-state index contributed by atoms with van der Waals surface area (Å²) in [6.45, 7) is 4.00. The van der Waals surface area contributed by atoms with E-state index in [1.54, 1.807) is 11.3 Å². The summed E-state index contributed by atoms with van der Waals surface area (Å²) in [6, 6.07) is 16.7. The van der Waals surface area contributed by atoms with Crippen molar-refractivity contribution >= 4 is 43.3 Å². The molecule has 6 heteroatoms. The van der Waals surface area contributed by atoms with E-state index in [0.29, 0.717) is 13.2 Å². The minimum Gasteiger partial charge on any atom is -0.494 e. The highest BCUT2D eigenvalue weighted by molar-refractivity contribution is 9.10. The fourth-order valence-corrected chi connectivity index (χ4v) is 5.73. The molecule has 0 spiro atoms. The minimum atomic E-state index is -0.705. The van der Waals surface area contributed by atoms with Crippen LogP contribution in [-0.4, -0.2) is 35.7 Å². The molecule has 4 rings (SSSR count). The quantitative estimate of drug-likeness (QED) is 0.480. The van der Waals surface area contributed by atoms with Crippen molar-refractivity contribution in [3.8, 4) is 5.75 Å². The number of benzene rings is 2. The molecule has 1 aromatic heterocycles. The first-order chi connectivity index (χ1) is 14.1. The van der Waals surface area contributed by atoms with Crippen molar-refractivity contribution in [2.45, 2.75) is 25.8 Å². The highest BCUT2D eigenvalue weighted by Crippen LogP contribution is 2.42. The van der Waals surface area contributed by atoms with Crippen molar-refractivity contribution in [1.82, 2.24) is 4.90 Å². The van der Waals surface area contributed by atoms with Crippen LogP contribution in [0.5, 0.6) is 5.75 Å². The van der Waals surface area contributed by atoms with E-state index in [2.05, 4.69) is 57.2 Å². The lowest BCUT2D eigenvalue weighted by atomic mass is 9.93. The van der Waals surface area contributed by atoms with Gasteiger partial charge in [0.1, 0.15) is 5.75 Å². The first-order valence-corrected chi connectivity index (χ1v) is 11.6. The van der Waals surface area contributed by atoms with Gasteiger partial charge in [-0.25, -0.2) is 0 Å². The van der Waals surface area contributed by atoms with Gasteiger partial charge in [-0.2, -0.15) is 0 Å². The Morgan fingerprint density at radius 2 is 2.14 bits per heavy atom. The topological polar surface area (TPSA) is 49.8 Å². The number of carboxylic acid groups (broad SMARTS) is 1. The molecule has 0 aliphatic carbocycles. The van der Waals surface area contributed by atoms with E-state index in [0.717, 1.165) is 35.2 Å². The van der Waals surface area contributed by atoms with Crippen LogP contribution < -0.4 is 4.74 Å². The Bertz CT molecular complexity index is 985. The highest BCUT2D eigenvalue weighted by Gasteiger charge is 2.33. The predicted molar refractivity (Wildman–Crippen MR) is 121 cm³/mol. The summed E-state index contributed by atoms with van der Waals surface area (Å²) in [6.07, 6.45) is 1.62. The van der Waals surface area contributed by atoms with Gasteiger partial charge in [0.2, 0.25) is 0 Å². The van der Waals surface area contributed by atoms with Gasteiger partial charge in [0.05, 0.1) is 18.6 Å². The zero-order chi connectivity index (χ0) is 20.4. The third-order valence-corrected chi connectivity index (χ3v) is 7.11. The van der Waals surface area contributed by atoms with Crippen molar-refractivity contribution < 1.29 is 14.6 Å². The van der Waals surface area contributed by atoms with Crippen molar-refractivity contribution in [1.29, 1.82) is 0 Å². The van der Waals surface area contributed by atoms with Crippen LogP contribution >= 0.6 is 27.3 Å². The van der Waals surface area contributed by atoms with Gasteiger partial charge in [-0.3, -0.25) is 9.69 Å². The smallest absolute Gasteiger partial charge is 0.307 e. The van der Waals surface area contributed by atoms with Gasteiger partial charge in [0.15, 0.2) is 0 Å². The first-order valence-electron chi connectivity index (χ1n) is 9.94. The molecule has 2 aromatic carbocycles. The number of fused-ring (bicyclic) bond motifs is 1. The van der Waals surface area contributed by atoms with Crippen LogP contribution in [0.2, 0.25) is 0 Å². The summed E-state index contributed by atoms with van der Waals surface area (Å²) >= 11 is 5.39. The van der Waals surface area contributed by atoms with Crippen molar-refractivity contribution in [2.24, 2.45) is 5.92 Å². The lowest BCUT2D eigenvalue weighted by Crippen LogP contribution is -2.41. The fourth-order valence-electron chi connectivity index (χ4n) is 4.13. The molecule has 1 N–H and O–H groups in total. The van der Waals surface area contributed by atoms with Crippen molar-refractivity contribution in [2.75, 3.05) is 19.7 Å². The molecule has 29 heavy (non-hydrogen) atoms. The zero-order valence-electron chi connectivity index (χ0n) is 16.3. The summed E-state index contributed by atoms with van der Waals surface area (Å²) in [7, 11) is 0.